The van der Waals surface area contributed by atoms with Crippen LogP contribution in [0.4, 0.5) is 5.13 Å². The van der Waals surface area contributed by atoms with E-state index in [0.717, 1.165) is 28.3 Å². The van der Waals surface area contributed by atoms with Crippen LogP contribution in [0.2, 0.25) is 0 Å². The number of nitrogens with one attached hydrogen (secondary N) is 1. The summed E-state index contributed by atoms with van der Waals surface area (Å²) in [7, 11) is 0. The smallest absolute Gasteiger partial charge is 0.323 e. The van der Waals surface area contributed by atoms with Gasteiger partial charge in [-0.15, -0.1) is 11.3 Å². The monoisotopic (exact) mass is 329 g/mol. The standard InChI is InChI=1S/C11H11N3O3S3/c1-2-12-10-13-6(5-19-10)3-7-9(17)14(4-8(15)16)11(18)20-7/h3,5H,2,4H2,1H3,(H,12,13)(H,15,16). The number of aliphatic carboxylic acids is 1. The van der Waals surface area contributed by atoms with Crippen molar-refractivity contribution in [3.05, 3.63) is 16.0 Å². The molecule has 0 bridgehead atoms. The quantitative estimate of drug-likeness (QED) is 0.630. The van der Waals surface area contributed by atoms with Crippen molar-refractivity contribution in [2.45, 2.75) is 6.92 Å². The molecule has 2 rings (SSSR count). The summed E-state index contributed by atoms with van der Waals surface area (Å²) < 4.78 is 0.255. The fraction of sp³-hybridized carbons (Fsp3) is 0.273. The van der Waals surface area contributed by atoms with E-state index in [1.807, 2.05) is 12.3 Å². The number of thiazole rings is 1. The maximum atomic E-state index is 12.0. The van der Waals surface area contributed by atoms with Gasteiger partial charge in [-0.2, -0.15) is 0 Å². The van der Waals surface area contributed by atoms with Crippen LogP contribution < -0.4 is 5.32 Å². The lowest BCUT2D eigenvalue weighted by Crippen LogP contribution is -2.33. The van der Waals surface area contributed by atoms with Gasteiger partial charge in [0.05, 0.1) is 10.6 Å². The third-order valence-corrected chi connectivity index (χ3v) is 4.49. The third-order valence-electron chi connectivity index (χ3n) is 2.30. The first-order chi connectivity index (χ1) is 9.51. The Kier molecular flexibility index (Phi) is 4.73. The van der Waals surface area contributed by atoms with Crippen molar-refractivity contribution in [2.24, 2.45) is 0 Å². The topological polar surface area (TPSA) is 82.5 Å². The minimum absolute atomic E-state index is 0.255. The first kappa shape index (κ1) is 14.9. The van der Waals surface area contributed by atoms with Crippen molar-refractivity contribution in [1.82, 2.24) is 9.88 Å². The molecular formula is C11H11N3O3S3. The number of carbonyl (C=O) groups excluding carboxylic acids is 1. The Morgan fingerprint density at radius 2 is 2.40 bits per heavy atom. The lowest BCUT2D eigenvalue weighted by atomic mass is 10.3. The van der Waals surface area contributed by atoms with Crippen LogP contribution in [-0.4, -0.2) is 44.3 Å². The lowest BCUT2D eigenvalue weighted by Gasteiger charge is -2.09. The summed E-state index contributed by atoms with van der Waals surface area (Å²) in [5.74, 6) is -1.48. The molecule has 0 spiro atoms. The second kappa shape index (κ2) is 6.33. The molecule has 1 aromatic heterocycles. The van der Waals surface area contributed by atoms with Crippen molar-refractivity contribution in [1.29, 1.82) is 0 Å². The van der Waals surface area contributed by atoms with E-state index < -0.39 is 12.5 Å². The van der Waals surface area contributed by atoms with Crippen LogP contribution in [0, 0.1) is 0 Å². The van der Waals surface area contributed by atoms with Gasteiger partial charge in [-0.05, 0) is 13.0 Å². The molecule has 0 radical (unpaired) electrons. The second-order valence-electron chi connectivity index (χ2n) is 3.77. The Morgan fingerprint density at radius 1 is 1.65 bits per heavy atom. The Morgan fingerprint density at radius 3 is 3.05 bits per heavy atom. The molecule has 106 valence electrons. The zero-order chi connectivity index (χ0) is 14.7. The van der Waals surface area contributed by atoms with Crippen LogP contribution >= 0.6 is 35.3 Å². The van der Waals surface area contributed by atoms with Gasteiger partial charge in [0, 0.05) is 11.9 Å². The molecule has 1 saturated heterocycles. The highest BCUT2D eigenvalue weighted by Gasteiger charge is 2.33. The fourth-order valence-electron chi connectivity index (χ4n) is 1.49. The van der Waals surface area contributed by atoms with Crippen LogP contribution in [0.5, 0.6) is 0 Å². The number of carbonyl (C=O) groups is 2. The minimum Gasteiger partial charge on any atom is -0.480 e. The highest BCUT2D eigenvalue weighted by molar-refractivity contribution is 8.26. The van der Waals surface area contributed by atoms with Crippen LogP contribution in [0.1, 0.15) is 12.6 Å². The van der Waals surface area contributed by atoms with Crippen molar-refractivity contribution < 1.29 is 14.7 Å². The number of rotatable bonds is 5. The normalized spacial score (nSPS) is 17.1. The molecule has 0 aromatic carbocycles. The van der Waals surface area contributed by atoms with Crippen LogP contribution in [-0.2, 0) is 9.59 Å². The zero-order valence-electron chi connectivity index (χ0n) is 10.5. The maximum Gasteiger partial charge on any atom is 0.323 e. The van der Waals surface area contributed by atoms with E-state index in [4.69, 9.17) is 17.3 Å². The number of thiocarbonyl (C=S) groups is 1. The zero-order valence-corrected chi connectivity index (χ0v) is 12.9. The van der Waals surface area contributed by atoms with Gasteiger partial charge in [-0.1, -0.05) is 24.0 Å². The van der Waals surface area contributed by atoms with E-state index in [1.165, 1.54) is 11.3 Å². The summed E-state index contributed by atoms with van der Waals surface area (Å²) in [5, 5.41) is 14.4. The average Bonchev–Trinajstić information content (AvgIpc) is 2.91. The highest BCUT2D eigenvalue weighted by Crippen LogP contribution is 2.32. The molecular weight excluding hydrogens is 318 g/mol. The van der Waals surface area contributed by atoms with Gasteiger partial charge in [-0.25, -0.2) is 4.98 Å². The Balaban J connectivity index is 2.16. The summed E-state index contributed by atoms with van der Waals surface area (Å²) in [6.45, 7) is 2.33. The molecule has 6 nitrogen and oxygen atoms in total. The number of aromatic nitrogens is 1. The maximum absolute atomic E-state index is 12.0. The van der Waals surface area contributed by atoms with Crippen molar-refractivity contribution in [3.63, 3.8) is 0 Å². The molecule has 1 amide bonds. The highest BCUT2D eigenvalue weighted by atomic mass is 32.2. The molecule has 0 saturated carbocycles. The Bertz CT molecular complexity index is 597. The van der Waals surface area contributed by atoms with Crippen molar-refractivity contribution in [3.8, 4) is 0 Å². The molecule has 2 N–H and O–H groups in total. The predicted octanol–water partition coefficient (Wildman–Crippen LogP) is 1.86. The molecule has 0 atom stereocenters. The number of carboxylic acids is 1. The van der Waals surface area contributed by atoms with E-state index >= 15 is 0 Å². The molecule has 2 heterocycles. The molecule has 1 fully saturated rings. The largest absolute Gasteiger partial charge is 0.480 e. The van der Waals surface area contributed by atoms with Crippen LogP contribution in [0.15, 0.2) is 10.3 Å². The number of nitrogens with zero attached hydrogens (tertiary/aromatic N) is 2. The summed E-state index contributed by atoms with van der Waals surface area (Å²) in [4.78, 5) is 28.5. The third kappa shape index (κ3) is 3.35. The van der Waals surface area contributed by atoms with Crippen LogP contribution in [0.25, 0.3) is 6.08 Å². The van der Waals surface area contributed by atoms with Gasteiger partial charge in [-0.3, -0.25) is 14.5 Å². The number of carboxylic acid groups (broad SMARTS) is 1. The number of anilines is 1. The van der Waals surface area contributed by atoms with E-state index in [9.17, 15) is 9.59 Å². The van der Waals surface area contributed by atoms with Gasteiger partial charge in [0.2, 0.25) is 0 Å². The minimum atomic E-state index is -1.09. The first-order valence-electron chi connectivity index (χ1n) is 5.67. The molecule has 20 heavy (non-hydrogen) atoms. The molecule has 1 aromatic rings. The number of hydrogen-bond donors (Lipinski definition) is 2. The molecule has 1 aliphatic rings. The lowest BCUT2D eigenvalue weighted by molar-refractivity contribution is -0.140. The van der Waals surface area contributed by atoms with E-state index in [1.54, 1.807) is 6.08 Å². The van der Waals surface area contributed by atoms with Gasteiger partial charge in [0.1, 0.15) is 10.9 Å². The SMILES string of the molecule is CCNc1nc(C=C2SC(=S)N(CC(=O)O)C2=O)cs1. The predicted molar refractivity (Wildman–Crippen MR) is 83.8 cm³/mol. The molecule has 9 heteroatoms. The van der Waals surface area contributed by atoms with E-state index in [-0.39, 0.29) is 10.2 Å². The molecule has 0 unspecified atom stereocenters. The van der Waals surface area contributed by atoms with Gasteiger partial charge in [0.25, 0.3) is 5.91 Å². The Hall–Kier alpha value is -1.45. The van der Waals surface area contributed by atoms with E-state index in [2.05, 4.69) is 10.3 Å². The van der Waals surface area contributed by atoms with E-state index in [0.29, 0.717) is 10.6 Å². The summed E-state index contributed by atoms with van der Waals surface area (Å²) >= 11 is 7.54. The summed E-state index contributed by atoms with van der Waals surface area (Å²) in [6, 6.07) is 0. The van der Waals surface area contributed by atoms with Gasteiger partial charge >= 0.3 is 5.97 Å². The van der Waals surface area contributed by atoms with Crippen molar-refractivity contribution in [2.75, 3.05) is 18.4 Å². The molecule has 0 aliphatic carbocycles. The van der Waals surface area contributed by atoms with Crippen molar-refractivity contribution >= 4 is 62.7 Å². The molecule has 1 aliphatic heterocycles. The first-order valence-corrected chi connectivity index (χ1v) is 7.78. The number of amides is 1. The fourth-order valence-corrected chi connectivity index (χ4v) is 3.47. The summed E-state index contributed by atoms with van der Waals surface area (Å²) in [6.07, 6.45) is 1.62. The summed E-state index contributed by atoms with van der Waals surface area (Å²) in [5.41, 5.74) is 0.654. The van der Waals surface area contributed by atoms with Gasteiger partial charge in [0.15, 0.2) is 5.13 Å². The number of hydrogen-bond acceptors (Lipinski definition) is 7. The van der Waals surface area contributed by atoms with Gasteiger partial charge < -0.3 is 10.4 Å². The second-order valence-corrected chi connectivity index (χ2v) is 6.30. The Labute approximate surface area is 128 Å². The number of thioether (sulfide) groups is 1. The van der Waals surface area contributed by atoms with Crippen LogP contribution in [0.3, 0.4) is 0 Å². The average molecular weight is 329 g/mol.